The van der Waals surface area contributed by atoms with E-state index in [9.17, 15) is 13.6 Å². The highest BCUT2D eigenvalue weighted by molar-refractivity contribution is 5.41. The number of nitriles is 1. The molecule has 0 saturated heterocycles. The van der Waals surface area contributed by atoms with Gasteiger partial charge in [-0.25, -0.2) is 13.6 Å². The summed E-state index contributed by atoms with van der Waals surface area (Å²) in [6.45, 7) is 3.97. The zero-order valence-corrected chi connectivity index (χ0v) is 11.0. The summed E-state index contributed by atoms with van der Waals surface area (Å²) in [5, 5.41) is 12.6. The van der Waals surface area contributed by atoms with Gasteiger partial charge in [-0.2, -0.15) is 9.94 Å². The number of halogens is 2. The predicted molar refractivity (Wildman–Crippen MR) is 67.5 cm³/mol. The van der Waals surface area contributed by atoms with Gasteiger partial charge >= 0.3 is 5.69 Å². The summed E-state index contributed by atoms with van der Waals surface area (Å²) in [6.07, 6.45) is 0.496. The summed E-state index contributed by atoms with van der Waals surface area (Å²) in [4.78, 5) is 12.1. The average molecular weight is 278 g/mol. The highest BCUT2D eigenvalue weighted by Crippen LogP contribution is 2.16. The lowest BCUT2D eigenvalue weighted by Crippen LogP contribution is -2.24. The Kier molecular flexibility index (Phi) is 3.66. The van der Waals surface area contributed by atoms with Crippen molar-refractivity contribution in [1.29, 1.82) is 5.26 Å². The summed E-state index contributed by atoms with van der Waals surface area (Å²) >= 11 is 0. The van der Waals surface area contributed by atoms with Gasteiger partial charge in [-0.15, -0.1) is 5.10 Å². The first-order valence-electron chi connectivity index (χ1n) is 6.11. The molecule has 0 N–H and O–H groups in total. The molecule has 0 aliphatic rings. The molecule has 0 spiro atoms. The second-order valence-corrected chi connectivity index (χ2v) is 4.10. The molecule has 2 rings (SSSR count). The van der Waals surface area contributed by atoms with E-state index in [0.29, 0.717) is 18.8 Å². The van der Waals surface area contributed by atoms with Crippen LogP contribution in [0.3, 0.4) is 0 Å². The smallest absolute Gasteiger partial charge is 0.279 e. The number of benzene rings is 1. The molecule has 1 aromatic heterocycles. The van der Waals surface area contributed by atoms with E-state index < -0.39 is 22.9 Å². The van der Waals surface area contributed by atoms with Crippen molar-refractivity contribution < 1.29 is 8.78 Å². The monoisotopic (exact) mass is 278 g/mol. The minimum atomic E-state index is -0.889. The van der Waals surface area contributed by atoms with Crippen molar-refractivity contribution in [2.24, 2.45) is 0 Å². The minimum Gasteiger partial charge on any atom is -0.279 e. The molecule has 0 radical (unpaired) electrons. The van der Waals surface area contributed by atoms with E-state index in [1.54, 1.807) is 13.0 Å². The number of aromatic nitrogens is 3. The van der Waals surface area contributed by atoms with Crippen LogP contribution in [-0.2, 0) is 13.0 Å². The number of nitrogens with zero attached hydrogens (tertiary/aromatic N) is 4. The number of hydrogen-bond acceptors (Lipinski definition) is 3. The maximum absolute atomic E-state index is 13.9. The topological polar surface area (TPSA) is 63.6 Å². The van der Waals surface area contributed by atoms with Crippen molar-refractivity contribution in [2.75, 3.05) is 0 Å². The standard InChI is InChI=1S/C13H12F2N4O/c1-3-12-17-19(13(20)18(12)4-2)11-6-9(14)8(7-16)5-10(11)15/h5-6H,3-4H2,1-2H3. The summed E-state index contributed by atoms with van der Waals surface area (Å²) in [5.74, 6) is -1.27. The Morgan fingerprint density at radius 2 is 2.00 bits per heavy atom. The molecule has 0 aliphatic carbocycles. The van der Waals surface area contributed by atoms with Crippen LogP contribution in [0.2, 0.25) is 0 Å². The zero-order chi connectivity index (χ0) is 14.9. The molecule has 0 amide bonds. The highest BCUT2D eigenvalue weighted by atomic mass is 19.1. The van der Waals surface area contributed by atoms with Crippen molar-refractivity contribution in [3.8, 4) is 11.8 Å². The molecule has 104 valence electrons. The summed E-state index contributed by atoms with van der Waals surface area (Å²) < 4.78 is 29.7. The van der Waals surface area contributed by atoms with Crippen LogP contribution in [-0.4, -0.2) is 14.3 Å². The second-order valence-electron chi connectivity index (χ2n) is 4.10. The van der Waals surface area contributed by atoms with Crippen LogP contribution >= 0.6 is 0 Å². The largest absolute Gasteiger partial charge is 0.350 e. The van der Waals surface area contributed by atoms with Gasteiger partial charge in [0.25, 0.3) is 0 Å². The maximum Gasteiger partial charge on any atom is 0.350 e. The lowest BCUT2D eigenvalue weighted by atomic mass is 10.2. The van der Waals surface area contributed by atoms with Crippen LogP contribution in [0.1, 0.15) is 25.2 Å². The van der Waals surface area contributed by atoms with E-state index in [1.807, 2.05) is 6.92 Å². The molecule has 5 nitrogen and oxygen atoms in total. The Bertz CT molecular complexity index is 755. The Morgan fingerprint density at radius 1 is 1.30 bits per heavy atom. The van der Waals surface area contributed by atoms with E-state index >= 15 is 0 Å². The molecule has 20 heavy (non-hydrogen) atoms. The first-order chi connectivity index (χ1) is 9.53. The van der Waals surface area contributed by atoms with E-state index in [1.165, 1.54) is 4.57 Å². The van der Waals surface area contributed by atoms with Crippen molar-refractivity contribution in [3.05, 3.63) is 45.6 Å². The molecule has 1 heterocycles. The van der Waals surface area contributed by atoms with E-state index in [0.717, 1.165) is 16.8 Å². The van der Waals surface area contributed by atoms with Gasteiger partial charge in [0.05, 0.1) is 5.56 Å². The third-order valence-electron chi connectivity index (χ3n) is 2.96. The molecule has 0 unspecified atom stereocenters. The SMILES string of the molecule is CCc1nn(-c2cc(F)c(C#N)cc2F)c(=O)n1CC. The van der Waals surface area contributed by atoms with Crippen LogP contribution in [0.15, 0.2) is 16.9 Å². The van der Waals surface area contributed by atoms with E-state index in [2.05, 4.69) is 5.10 Å². The molecular weight excluding hydrogens is 266 g/mol. The number of hydrogen-bond donors (Lipinski definition) is 0. The molecule has 0 saturated carbocycles. The van der Waals surface area contributed by atoms with Crippen molar-refractivity contribution in [2.45, 2.75) is 26.8 Å². The summed E-state index contributed by atoms with van der Waals surface area (Å²) in [6, 6.07) is 3.11. The maximum atomic E-state index is 13.9. The molecular formula is C13H12F2N4O. The molecule has 1 aromatic carbocycles. The fraction of sp³-hybridized carbons (Fsp3) is 0.308. The fourth-order valence-corrected chi connectivity index (χ4v) is 1.96. The van der Waals surface area contributed by atoms with Crippen LogP contribution in [0.5, 0.6) is 0 Å². The summed E-state index contributed by atoms with van der Waals surface area (Å²) in [7, 11) is 0. The quantitative estimate of drug-likeness (QED) is 0.859. The van der Waals surface area contributed by atoms with Crippen molar-refractivity contribution >= 4 is 0 Å². The van der Waals surface area contributed by atoms with Gasteiger partial charge in [0.1, 0.15) is 23.4 Å². The van der Waals surface area contributed by atoms with E-state index in [4.69, 9.17) is 5.26 Å². The molecule has 0 aliphatic heterocycles. The molecule has 2 aromatic rings. The van der Waals surface area contributed by atoms with Gasteiger partial charge in [-0.05, 0) is 13.0 Å². The van der Waals surface area contributed by atoms with Crippen molar-refractivity contribution in [1.82, 2.24) is 14.3 Å². The van der Waals surface area contributed by atoms with Crippen LogP contribution in [0.4, 0.5) is 8.78 Å². The van der Waals surface area contributed by atoms with E-state index in [-0.39, 0.29) is 5.69 Å². The van der Waals surface area contributed by atoms with Crippen LogP contribution in [0.25, 0.3) is 5.69 Å². The van der Waals surface area contributed by atoms with Gasteiger partial charge in [0, 0.05) is 19.0 Å². The van der Waals surface area contributed by atoms with Gasteiger partial charge in [0.2, 0.25) is 0 Å². The molecule has 0 fully saturated rings. The average Bonchev–Trinajstić information content (AvgIpc) is 2.76. The predicted octanol–water partition coefficient (Wildman–Crippen LogP) is 1.77. The van der Waals surface area contributed by atoms with Crippen LogP contribution < -0.4 is 5.69 Å². The first kappa shape index (κ1) is 13.9. The van der Waals surface area contributed by atoms with Crippen LogP contribution in [0, 0.1) is 23.0 Å². The summed E-state index contributed by atoms with van der Waals surface area (Å²) in [5.41, 5.74) is -1.24. The van der Waals surface area contributed by atoms with Gasteiger partial charge in [-0.3, -0.25) is 4.57 Å². The Balaban J connectivity index is 2.70. The fourth-order valence-electron chi connectivity index (χ4n) is 1.96. The van der Waals surface area contributed by atoms with Gasteiger partial charge in [0.15, 0.2) is 5.82 Å². The van der Waals surface area contributed by atoms with Gasteiger partial charge < -0.3 is 0 Å². The minimum absolute atomic E-state index is 0.298. The lowest BCUT2D eigenvalue weighted by molar-refractivity contribution is 0.580. The third-order valence-corrected chi connectivity index (χ3v) is 2.96. The normalized spacial score (nSPS) is 10.6. The Morgan fingerprint density at radius 3 is 2.50 bits per heavy atom. The molecule has 0 bridgehead atoms. The molecule has 7 heteroatoms. The molecule has 0 atom stereocenters. The van der Waals surface area contributed by atoms with Crippen molar-refractivity contribution in [3.63, 3.8) is 0 Å². The second kappa shape index (κ2) is 5.25. The Hall–Kier alpha value is -2.49. The number of aryl methyl sites for hydroxylation is 1. The number of rotatable bonds is 3. The first-order valence-corrected chi connectivity index (χ1v) is 6.11. The zero-order valence-electron chi connectivity index (χ0n) is 11.0. The lowest BCUT2D eigenvalue weighted by Gasteiger charge is -2.03. The van der Waals surface area contributed by atoms with Gasteiger partial charge in [-0.1, -0.05) is 6.92 Å². The Labute approximate surface area is 113 Å². The third kappa shape index (κ3) is 2.09. The highest BCUT2D eigenvalue weighted by Gasteiger charge is 2.17.